The van der Waals surface area contributed by atoms with Crippen LogP contribution in [-0.4, -0.2) is 34.5 Å². The lowest BCUT2D eigenvalue weighted by Crippen LogP contribution is -2.49. The van der Waals surface area contributed by atoms with Crippen LogP contribution in [0.5, 0.6) is 0 Å². The second-order valence-electron chi connectivity index (χ2n) is 6.86. The van der Waals surface area contributed by atoms with Gasteiger partial charge in [-0.25, -0.2) is 4.39 Å². The molecule has 0 radical (unpaired) electrons. The number of halogens is 1. The highest BCUT2D eigenvalue weighted by atomic mass is 19.1. The lowest BCUT2D eigenvalue weighted by atomic mass is 9.81. The standard InChI is InChI=1S/C19H22FN3O2/c20-19(8-4-9-19)18(24)21-11-16-17-15(7-10-25-16)13-23(22-17)12-14-5-2-1-3-6-14/h1-3,5-6,13,16H,4,7-12H2,(H,21,24)/t16-/m0/s1. The molecule has 25 heavy (non-hydrogen) atoms. The summed E-state index contributed by atoms with van der Waals surface area (Å²) in [7, 11) is 0. The minimum atomic E-state index is -1.68. The molecule has 1 amide bonds. The van der Waals surface area contributed by atoms with Crippen LogP contribution < -0.4 is 5.32 Å². The normalized spacial score (nSPS) is 21.2. The lowest BCUT2D eigenvalue weighted by Gasteiger charge is -2.32. The molecule has 1 aliphatic carbocycles. The third kappa shape index (κ3) is 3.31. The van der Waals surface area contributed by atoms with Gasteiger partial charge in [0.25, 0.3) is 5.91 Å². The van der Waals surface area contributed by atoms with Gasteiger partial charge < -0.3 is 10.1 Å². The molecule has 2 aromatic rings. The molecule has 4 rings (SSSR count). The first-order valence-corrected chi connectivity index (χ1v) is 8.83. The van der Waals surface area contributed by atoms with Crippen molar-refractivity contribution in [2.45, 2.75) is 44.0 Å². The van der Waals surface area contributed by atoms with Gasteiger partial charge in [-0.3, -0.25) is 9.48 Å². The molecule has 2 aliphatic rings. The molecular formula is C19H22FN3O2. The first-order valence-electron chi connectivity index (χ1n) is 8.83. The van der Waals surface area contributed by atoms with Gasteiger partial charge in [0.15, 0.2) is 5.67 Å². The molecule has 1 N–H and O–H groups in total. The van der Waals surface area contributed by atoms with Crippen LogP contribution in [0.3, 0.4) is 0 Å². The maximum absolute atomic E-state index is 14.1. The van der Waals surface area contributed by atoms with Crippen LogP contribution in [0.1, 0.15) is 42.2 Å². The summed E-state index contributed by atoms with van der Waals surface area (Å²) in [5, 5.41) is 7.35. The van der Waals surface area contributed by atoms with Crippen LogP contribution in [0, 0.1) is 0 Å². The van der Waals surface area contributed by atoms with Crippen molar-refractivity contribution in [3.05, 3.63) is 53.3 Å². The molecule has 1 saturated carbocycles. The van der Waals surface area contributed by atoms with Gasteiger partial charge in [0.1, 0.15) is 6.10 Å². The second kappa shape index (κ2) is 6.59. The predicted molar refractivity (Wildman–Crippen MR) is 90.9 cm³/mol. The number of nitrogens with zero attached hydrogens (tertiary/aromatic N) is 2. The molecule has 0 spiro atoms. The second-order valence-corrected chi connectivity index (χ2v) is 6.86. The highest BCUT2D eigenvalue weighted by molar-refractivity contribution is 5.86. The van der Waals surface area contributed by atoms with E-state index in [1.807, 2.05) is 29.1 Å². The van der Waals surface area contributed by atoms with Crippen molar-refractivity contribution in [3.63, 3.8) is 0 Å². The summed E-state index contributed by atoms with van der Waals surface area (Å²) in [5.41, 5.74) is 1.49. The van der Waals surface area contributed by atoms with Gasteiger partial charge in [-0.1, -0.05) is 30.3 Å². The minimum Gasteiger partial charge on any atom is -0.370 e. The Morgan fingerprint density at radius 2 is 2.16 bits per heavy atom. The Labute approximate surface area is 146 Å². The van der Waals surface area contributed by atoms with E-state index >= 15 is 0 Å². The number of nitrogens with one attached hydrogen (secondary N) is 1. The van der Waals surface area contributed by atoms with Gasteiger partial charge in [-0.15, -0.1) is 0 Å². The summed E-state index contributed by atoms with van der Waals surface area (Å²) in [5.74, 6) is -0.516. The first kappa shape index (κ1) is 16.3. The van der Waals surface area contributed by atoms with Crippen LogP contribution in [0.4, 0.5) is 4.39 Å². The van der Waals surface area contributed by atoms with Gasteiger partial charge in [0.2, 0.25) is 0 Å². The topological polar surface area (TPSA) is 56.1 Å². The van der Waals surface area contributed by atoms with Crippen molar-refractivity contribution < 1.29 is 13.9 Å². The molecule has 2 heterocycles. The number of amides is 1. The Kier molecular flexibility index (Phi) is 4.29. The summed E-state index contributed by atoms with van der Waals surface area (Å²) < 4.78 is 21.8. The number of alkyl halides is 1. The number of carbonyl (C=O) groups excluding carboxylic acids is 1. The SMILES string of the molecule is O=C(NC[C@@H]1OCCc2cn(Cc3ccccc3)nc21)C1(F)CCC1. The monoisotopic (exact) mass is 343 g/mol. The highest BCUT2D eigenvalue weighted by Crippen LogP contribution is 2.36. The predicted octanol–water partition coefficient (Wildman–Crippen LogP) is 2.55. The Balaban J connectivity index is 1.43. The van der Waals surface area contributed by atoms with E-state index in [-0.39, 0.29) is 12.6 Å². The van der Waals surface area contributed by atoms with Crippen LogP contribution in [0.15, 0.2) is 36.5 Å². The van der Waals surface area contributed by atoms with Gasteiger partial charge in [0.05, 0.1) is 18.8 Å². The van der Waals surface area contributed by atoms with E-state index in [0.29, 0.717) is 26.0 Å². The van der Waals surface area contributed by atoms with E-state index in [9.17, 15) is 9.18 Å². The minimum absolute atomic E-state index is 0.264. The van der Waals surface area contributed by atoms with Crippen molar-refractivity contribution in [1.82, 2.24) is 15.1 Å². The molecule has 1 aliphatic heterocycles. The number of hydrogen-bond donors (Lipinski definition) is 1. The zero-order chi connectivity index (χ0) is 17.3. The molecule has 1 aromatic carbocycles. The summed E-state index contributed by atoms with van der Waals surface area (Å²) in [6, 6.07) is 10.1. The van der Waals surface area contributed by atoms with E-state index < -0.39 is 11.6 Å². The number of ether oxygens (including phenoxy) is 1. The molecule has 0 bridgehead atoms. The summed E-state index contributed by atoms with van der Waals surface area (Å²) in [6.07, 6.45) is 3.96. The van der Waals surface area contributed by atoms with Gasteiger partial charge in [-0.2, -0.15) is 5.10 Å². The van der Waals surface area contributed by atoms with Crippen molar-refractivity contribution in [3.8, 4) is 0 Å². The average Bonchev–Trinajstić information content (AvgIpc) is 3.01. The first-order chi connectivity index (χ1) is 12.1. The molecule has 5 nitrogen and oxygen atoms in total. The summed E-state index contributed by atoms with van der Waals surface area (Å²) in [6.45, 7) is 1.55. The number of fused-ring (bicyclic) bond motifs is 1. The van der Waals surface area contributed by atoms with Crippen molar-refractivity contribution in [1.29, 1.82) is 0 Å². The number of rotatable bonds is 5. The zero-order valence-corrected chi connectivity index (χ0v) is 14.1. The van der Waals surface area contributed by atoms with Gasteiger partial charge >= 0.3 is 0 Å². The van der Waals surface area contributed by atoms with Crippen molar-refractivity contribution in [2.75, 3.05) is 13.2 Å². The summed E-state index contributed by atoms with van der Waals surface area (Å²) >= 11 is 0. The molecule has 0 saturated heterocycles. The average molecular weight is 343 g/mol. The Bertz CT molecular complexity index is 755. The molecule has 6 heteroatoms. The third-order valence-corrected chi connectivity index (χ3v) is 5.05. The molecule has 132 valence electrons. The van der Waals surface area contributed by atoms with Crippen LogP contribution in [0.2, 0.25) is 0 Å². The molecule has 1 aromatic heterocycles. The molecule has 0 unspecified atom stereocenters. The van der Waals surface area contributed by atoms with E-state index in [2.05, 4.69) is 22.5 Å². The van der Waals surface area contributed by atoms with Crippen LogP contribution in [-0.2, 0) is 22.5 Å². The number of aromatic nitrogens is 2. The van der Waals surface area contributed by atoms with Gasteiger partial charge in [0, 0.05) is 12.7 Å². The Hall–Kier alpha value is -2.21. The van der Waals surface area contributed by atoms with Crippen LogP contribution >= 0.6 is 0 Å². The Morgan fingerprint density at radius 3 is 2.88 bits per heavy atom. The van der Waals surface area contributed by atoms with E-state index in [0.717, 1.165) is 24.1 Å². The van der Waals surface area contributed by atoms with E-state index in [1.165, 1.54) is 5.56 Å². The maximum atomic E-state index is 14.1. The van der Waals surface area contributed by atoms with Crippen molar-refractivity contribution in [2.24, 2.45) is 0 Å². The Morgan fingerprint density at radius 1 is 1.36 bits per heavy atom. The fraction of sp³-hybridized carbons (Fsp3) is 0.474. The van der Waals surface area contributed by atoms with Crippen LogP contribution in [0.25, 0.3) is 0 Å². The zero-order valence-electron chi connectivity index (χ0n) is 14.1. The number of carbonyl (C=O) groups is 1. The fourth-order valence-electron chi connectivity index (χ4n) is 3.40. The largest absolute Gasteiger partial charge is 0.370 e. The third-order valence-electron chi connectivity index (χ3n) is 5.05. The lowest BCUT2D eigenvalue weighted by molar-refractivity contribution is -0.139. The molecule has 1 fully saturated rings. The quantitative estimate of drug-likeness (QED) is 0.908. The smallest absolute Gasteiger partial charge is 0.257 e. The summed E-state index contributed by atoms with van der Waals surface area (Å²) in [4.78, 5) is 12.0. The maximum Gasteiger partial charge on any atom is 0.257 e. The number of benzene rings is 1. The molecular weight excluding hydrogens is 321 g/mol. The van der Waals surface area contributed by atoms with E-state index in [4.69, 9.17) is 4.74 Å². The highest BCUT2D eigenvalue weighted by Gasteiger charge is 2.44. The van der Waals surface area contributed by atoms with Crippen molar-refractivity contribution >= 4 is 5.91 Å². The molecule has 1 atom stereocenters. The fourth-order valence-corrected chi connectivity index (χ4v) is 3.40. The van der Waals surface area contributed by atoms with E-state index in [1.54, 1.807) is 0 Å². The number of hydrogen-bond acceptors (Lipinski definition) is 3. The van der Waals surface area contributed by atoms with Gasteiger partial charge in [-0.05, 0) is 36.8 Å².